The lowest BCUT2D eigenvalue weighted by atomic mass is 10.1. The number of carbonyl (C=O) groups excluding carboxylic acids is 1. The number of ether oxygens (including phenoxy) is 1. The van der Waals surface area contributed by atoms with Gasteiger partial charge >= 0.3 is 5.97 Å². The van der Waals surface area contributed by atoms with Crippen molar-refractivity contribution in [3.63, 3.8) is 0 Å². The summed E-state index contributed by atoms with van der Waals surface area (Å²) in [5, 5.41) is 5.26. The molecule has 3 aromatic carbocycles. The molecule has 0 spiro atoms. The van der Waals surface area contributed by atoms with Crippen LogP contribution in [0.3, 0.4) is 0 Å². The molecular weight excluding hydrogens is 495 g/mol. The number of hydrazone groups is 1. The maximum atomic E-state index is 12.3. The smallest absolute Gasteiger partial charge is 0.338 e. The average molecular weight is 514 g/mol. The highest BCUT2D eigenvalue weighted by Gasteiger charge is 2.10. The SMILES string of the molecule is O=C(OCCc1ccccc1)c1ccc(-c2ccc(C=NNc3c(Cl)cc(Cl)cc3Cl)o2)cc1. The van der Waals surface area contributed by atoms with Gasteiger partial charge in [0.25, 0.3) is 0 Å². The maximum absolute atomic E-state index is 12.3. The van der Waals surface area contributed by atoms with Gasteiger partial charge in [0, 0.05) is 17.0 Å². The summed E-state index contributed by atoms with van der Waals surface area (Å²) in [6.45, 7) is 0.325. The second kappa shape index (κ2) is 11.3. The first-order valence-electron chi connectivity index (χ1n) is 10.3. The van der Waals surface area contributed by atoms with Gasteiger partial charge in [0.05, 0.1) is 34.1 Å². The zero-order valence-electron chi connectivity index (χ0n) is 17.8. The van der Waals surface area contributed by atoms with E-state index in [-0.39, 0.29) is 5.97 Å². The highest BCUT2D eigenvalue weighted by atomic mass is 35.5. The minimum absolute atomic E-state index is 0.325. The number of carbonyl (C=O) groups is 1. The second-order valence-electron chi connectivity index (χ2n) is 7.27. The number of halogens is 3. The van der Waals surface area contributed by atoms with Crippen molar-refractivity contribution < 1.29 is 13.9 Å². The molecule has 0 saturated carbocycles. The number of hydrogen-bond donors (Lipinski definition) is 1. The Morgan fingerprint density at radius 2 is 1.65 bits per heavy atom. The lowest BCUT2D eigenvalue weighted by molar-refractivity contribution is 0.0509. The summed E-state index contributed by atoms with van der Waals surface area (Å²) >= 11 is 18.2. The molecule has 4 aromatic rings. The molecule has 0 unspecified atom stereocenters. The Labute approximate surface area is 211 Å². The summed E-state index contributed by atoms with van der Waals surface area (Å²) in [6.07, 6.45) is 2.18. The third-order valence-electron chi connectivity index (χ3n) is 4.87. The third-order valence-corrected chi connectivity index (χ3v) is 5.69. The molecule has 4 rings (SSSR count). The van der Waals surface area contributed by atoms with Crippen LogP contribution in [0.4, 0.5) is 5.69 Å². The number of benzene rings is 3. The van der Waals surface area contributed by atoms with Crippen molar-refractivity contribution >= 4 is 52.7 Å². The topological polar surface area (TPSA) is 63.8 Å². The Bertz CT molecular complexity index is 1280. The largest absolute Gasteiger partial charge is 0.462 e. The molecule has 172 valence electrons. The number of hydrogen-bond acceptors (Lipinski definition) is 5. The zero-order chi connectivity index (χ0) is 23.9. The quantitative estimate of drug-likeness (QED) is 0.149. The highest BCUT2D eigenvalue weighted by molar-refractivity contribution is 6.41. The molecule has 0 amide bonds. The van der Waals surface area contributed by atoms with Crippen molar-refractivity contribution in [2.24, 2.45) is 5.10 Å². The Morgan fingerprint density at radius 1 is 0.941 bits per heavy atom. The number of esters is 1. The van der Waals surface area contributed by atoms with Crippen LogP contribution in [0.5, 0.6) is 0 Å². The molecule has 1 aromatic heterocycles. The predicted molar refractivity (Wildman–Crippen MR) is 137 cm³/mol. The van der Waals surface area contributed by atoms with E-state index in [1.54, 1.807) is 42.5 Å². The van der Waals surface area contributed by atoms with Gasteiger partial charge in [0.15, 0.2) is 0 Å². The molecule has 0 fully saturated rings. The molecule has 0 saturated heterocycles. The Kier molecular flexibility index (Phi) is 7.91. The number of rotatable bonds is 8. The summed E-state index contributed by atoms with van der Waals surface area (Å²) < 4.78 is 11.2. The van der Waals surface area contributed by atoms with Gasteiger partial charge in [0.1, 0.15) is 11.5 Å². The fourth-order valence-corrected chi connectivity index (χ4v) is 4.05. The van der Waals surface area contributed by atoms with Crippen molar-refractivity contribution in [1.29, 1.82) is 0 Å². The van der Waals surface area contributed by atoms with Gasteiger partial charge in [-0.3, -0.25) is 5.43 Å². The highest BCUT2D eigenvalue weighted by Crippen LogP contribution is 2.33. The van der Waals surface area contributed by atoms with E-state index in [9.17, 15) is 4.79 Å². The van der Waals surface area contributed by atoms with Gasteiger partial charge < -0.3 is 9.15 Å². The number of nitrogens with zero attached hydrogens (tertiary/aromatic N) is 1. The van der Waals surface area contributed by atoms with Crippen LogP contribution >= 0.6 is 34.8 Å². The van der Waals surface area contributed by atoms with Crippen LogP contribution in [0.1, 0.15) is 21.7 Å². The lowest BCUT2D eigenvalue weighted by Crippen LogP contribution is -2.08. The normalized spacial score (nSPS) is 11.0. The van der Waals surface area contributed by atoms with E-state index in [2.05, 4.69) is 10.5 Å². The fraction of sp³-hybridized carbons (Fsp3) is 0.0769. The Morgan fingerprint density at radius 3 is 2.35 bits per heavy atom. The zero-order valence-corrected chi connectivity index (χ0v) is 20.1. The van der Waals surface area contributed by atoms with Crippen molar-refractivity contribution in [2.45, 2.75) is 6.42 Å². The third kappa shape index (κ3) is 6.20. The van der Waals surface area contributed by atoms with Gasteiger partial charge in [-0.25, -0.2) is 4.79 Å². The van der Waals surface area contributed by atoms with Crippen LogP contribution in [-0.2, 0) is 11.2 Å². The molecule has 34 heavy (non-hydrogen) atoms. The van der Waals surface area contributed by atoms with Crippen LogP contribution < -0.4 is 5.43 Å². The van der Waals surface area contributed by atoms with Gasteiger partial charge in [-0.2, -0.15) is 5.10 Å². The van der Waals surface area contributed by atoms with Crippen molar-refractivity contribution in [3.05, 3.63) is 111 Å². The van der Waals surface area contributed by atoms with Crippen LogP contribution in [0.25, 0.3) is 11.3 Å². The number of anilines is 1. The van der Waals surface area contributed by atoms with Crippen LogP contribution in [0.2, 0.25) is 15.1 Å². The average Bonchev–Trinajstić information content (AvgIpc) is 3.30. The Balaban J connectivity index is 1.33. The van der Waals surface area contributed by atoms with E-state index in [4.69, 9.17) is 44.0 Å². The fourth-order valence-electron chi connectivity index (χ4n) is 3.15. The van der Waals surface area contributed by atoms with Gasteiger partial charge in [-0.15, -0.1) is 0 Å². The second-order valence-corrected chi connectivity index (χ2v) is 8.52. The molecular formula is C26H19Cl3N2O3. The monoisotopic (exact) mass is 512 g/mol. The molecule has 0 bridgehead atoms. The molecule has 1 N–H and O–H groups in total. The minimum atomic E-state index is -0.361. The number of nitrogens with one attached hydrogen (secondary N) is 1. The standard InChI is InChI=1S/C26H19Cl3N2O3/c27-20-14-22(28)25(23(29)15-20)31-30-16-21-10-11-24(34-21)18-6-8-19(9-7-18)26(32)33-13-12-17-4-2-1-3-5-17/h1-11,14-16,31H,12-13H2. The summed E-state index contributed by atoms with van der Waals surface area (Å²) in [4.78, 5) is 12.3. The molecule has 0 aliphatic carbocycles. The van der Waals surface area contributed by atoms with Crippen molar-refractivity contribution in [1.82, 2.24) is 0 Å². The lowest BCUT2D eigenvalue weighted by Gasteiger charge is -2.06. The molecule has 0 atom stereocenters. The van der Waals surface area contributed by atoms with Crippen molar-refractivity contribution in [2.75, 3.05) is 12.0 Å². The summed E-state index contributed by atoms with van der Waals surface area (Å²) in [5.74, 6) is 0.793. The van der Waals surface area contributed by atoms with E-state index < -0.39 is 0 Å². The molecule has 8 heteroatoms. The molecule has 1 heterocycles. The van der Waals surface area contributed by atoms with E-state index >= 15 is 0 Å². The maximum Gasteiger partial charge on any atom is 0.338 e. The van der Waals surface area contributed by atoms with E-state index in [0.717, 1.165) is 11.1 Å². The summed E-state index contributed by atoms with van der Waals surface area (Å²) in [6, 6.07) is 23.6. The molecule has 0 radical (unpaired) electrons. The summed E-state index contributed by atoms with van der Waals surface area (Å²) in [7, 11) is 0. The van der Waals surface area contributed by atoms with E-state index in [1.807, 2.05) is 36.4 Å². The van der Waals surface area contributed by atoms with Gasteiger partial charge in [-0.05, 0) is 42.0 Å². The molecule has 5 nitrogen and oxygen atoms in total. The first-order chi connectivity index (χ1) is 16.5. The number of furan rings is 1. The van der Waals surface area contributed by atoms with Crippen LogP contribution in [0, 0.1) is 0 Å². The summed E-state index contributed by atoms with van der Waals surface area (Å²) in [5.41, 5.74) is 5.65. The first-order valence-corrected chi connectivity index (χ1v) is 11.5. The van der Waals surface area contributed by atoms with Crippen LogP contribution in [-0.4, -0.2) is 18.8 Å². The molecule has 0 aliphatic rings. The minimum Gasteiger partial charge on any atom is -0.462 e. The van der Waals surface area contributed by atoms with E-state index in [0.29, 0.717) is 50.9 Å². The van der Waals surface area contributed by atoms with Gasteiger partial charge in [0.2, 0.25) is 0 Å². The Hall–Kier alpha value is -3.25. The van der Waals surface area contributed by atoms with Crippen LogP contribution in [0.15, 0.2) is 88.4 Å². The predicted octanol–water partition coefficient (Wildman–Crippen LogP) is 7.75. The van der Waals surface area contributed by atoms with Gasteiger partial charge in [-0.1, -0.05) is 77.3 Å². The molecule has 0 aliphatic heterocycles. The van der Waals surface area contributed by atoms with Crippen molar-refractivity contribution in [3.8, 4) is 11.3 Å². The van der Waals surface area contributed by atoms with E-state index in [1.165, 1.54) is 6.21 Å². The first kappa shape index (κ1) is 23.9.